The Labute approximate surface area is 108 Å². The van der Waals surface area contributed by atoms with Gasteiger partial charge in [0.1, 0.15) is 11.6 Å². The molecule has 0 unspecified atom stereocenters. The van der Waals surface area contributed by atoms with Crippen LogP contribution in [0.15, 0.2) is 36.4 Å². The van der Waals surface area contributed by atoms with Crippen LogP contribution >= 0.6 is 11.6 Å². The smallest absolute Gasteiger partial charge is 0.193 e. The summed E-state index contributed by atoms with van der Waals surface area (Å²) in [5.41, 5.74) is 1.03. The molecule has 0 fully saturated rings. The third-order valence-corrected chi connectivity index (χ3v) is 2.79. The van der Waals surface area contributed by atoms with Crippen LogP contribution in [0.3, 0.4) is 0 Å². The Kier molecular flexibility index (Phi) is 3.43. The van der Waals surface area contributed by atoms with Crippen molar-refractivity contribution in [1.29, 1.82) is 0 Å². The maximum absolute atomic E-state index is 13.1. The highest BCUT2D eigenvalue weighted by molar-refractivity contribution is 6.30. The van der Waals surface area contributed by atoms with Crippen molar-refractivity contribution in [2.24, 2.45) is 0 Å². The van der Waals surface area contributed by atoms with Gasteiger partial charge in [0.2, 0.25) is 0 Å². The summed E-state index contributed by atoms with van der Waals surface area (Å²) in [5.74, 6) is -1.97. The summed E-state index contributed by atoms with van der Waals surface area (Å²) in [6, 6.07) is 7.50. The standard InChI is InChI=1S/C14H9ClF2O/c1-8-4-10(15)2-3-13(8)14(18)9-5-11(16)7-12(17)6-9/h2-7H,1H3. The summed E-state index contributed by atoms with van der Waals surface area (Å²) in [4.78, 5) is 12.1. The van der Waals surface area contributed by atoms with Crippen molar-refractivity contribution in [2.75, 3.05) is 0 Å². The van der Waals surface area contributed by atoms with Crippen LogP contribution < -0.4 is 0 Å². The predicted octanol–water partition coefficient (Wildman–Crippen LogP) is 4.16. The lowest BCUT2D eigenvalue weighted by molar-refractivity contribution is 0.103. The molecule has 4 heteroatoms. The van der Waals surface area contributed by atoms with Gasteiger partial charge in [0, 0.05) is 22.2 Å². The molecule has 0 aliphatic rings. The first-order valence-corrected chi connectivity index (χ1v) is 5.62. The van der Waals surface area contributed by atoms with Crippen LogP contribution in [0, 0.1) is 18.6 Å². The molecule has 92 valence electrons. The monoisotopic (exact) mass is 266 g/mol. The molecule has 0 aliphatic carbocycles. The fourth-order valence-corrected chi connectivity index (χ4v) is 1.95. The van der Waals surface area contributed by atoms with Crippen LogP contribution in [0.1, 0.15) is 21.5 Å². The molecule has 0 N–H and O–H groups in total. The average molecular weight is 267 g/mol. The third-order valence-electron chi connectivity index (χ3n) is 2.56. The number of rotatable bonds is 2. The number of halogens is 3. The zero-order chi connectivity index (χ0) is 13.3. The van der Waals surface area contributed by atoms with E-state index in [-0.39, 0.29) is 5.56 Å². The summed E-state index contributed by atoms with van der Waals surface area (Å²) in [7, 11) is 0. The van der Waals surface area contributed by atoms with Gasteiger partial charge in [-0.1, -0.05) is 11.6 Å². The lowest BCUT2D eigenvalue weighted by atomic mass is 9.99. The first kappa shape index (κ1) is 12.7. The molecule has 2 rings (SSSR count). The maximum Gasteiger partial charge on any atom is 0.193 e. The lowest BCUT2D eigenvalue weighted by Crippen LogP contribution is -2.04. The molecule has 2 aromatic rings. The van der Waals surface area contributed by atoms with E-state index in [1.807, 2.05) is 0 Å². The van der Waals surface area contributed by atoms with Crippen molar-refractivity contribution in [2.45, 2.75) is 6.92 Å². The second-order valence-corrected chi connectivity index (χ2v) is 4.38. The number of aryl methyl sites for hydroxylation is 1. The molecular weight excluding hydrogens is 258 g/mol. The topological polar surface area (TPSA) is 17.1 Å². The van der Waals surface area contributed by atoms with Gasteiger partial charge in [-0.3, -0.25) is 4.79 Å². The van der Waals surface area contributed by atoms with Crippen LogP contribution in [-0.2, 0) is 0 Å². The minimum atomic E-state index is -0.773. The highest BCUT2D eigenvalue weighted by Gasteiger charge is 2.14. The number of carbonyl (C=O) groups is 1. The molecule has 0 atom stereocenters. The van der Waals surface area contributed by atoms with Gasteiger partial charge in [0.05, 0.1) is 0 Å². The Morgan fingerprint density at radius 3 is 2.22 bits per heavy atom. The van der Waals surface area contributed by atoms with Crippen molar-refractivity contribution in [3.63, 3.8) is 0 Å². The Bertz CT molecular complexity index is 603. The fourth-order valence-electron chi connectivity index (χ4n) is 1.72. The molecule has 0 bridgehead atoms. The summed E-state index contributed by atoms with van der Waals surface area (Å²) < 4.78 is 26.1. The van der Waals surface area contributed by atoms with Gasteiger partial charge in [-0.05, 0) is 42.8 Å². The predicted molar refractivity (Wildman–Crippen MR) is 66.0 cm³/mol. The fraction of sp³-hybridized carbons (Fsp3) is 0.0714. The first-order chi connectivity index (χ1) is 8.47. The van der Waals surface area contributed by atoms with Gasteiger partial charge in [-0.15, -0.1) is 0 Å². The van der Waals surface area contributed by atoms with Gasteiger partial charge < -0.3 is 0 Å². The average Bonchev–Trinajstić information content (AvgIpc) is 2.26. The Hall–Kier alpha value is -1.74. The molecule has 0 amide bonds. The quantitative estimate of drug-likeness (QED) is 0.746. The zero-order valence-electron chi connectivity index (χ0n) is 9.51. The van der Waals surface area contributed by atoms with Crippen molar-refractivity contribution < 1.29 is 13.6 Å². The van der Waals surface area contributed by atoms with Gasteiger partial charge in [-0.25, -0.2) is 8.78 Å². The maximum atomic E-state index is 13.1. The zero-order valence-corrected chi connectivity index (χ0v) is 10.3. The van der Waals surface area contributed by atoms with E-state index in [1.165, 1.54) is 0 Å². The Balaban J connectivity index is 2.47. The molecule has 1 nitrogen and oxygen atoms in total. The van der Waals surface area contributed by atoms with E-state index in [9.17, 15) is 13.6 Å². The lowest BCUT2D eigenvalue weighted by Gasteiger charge is -2.06. The van der Waals surface area contributed by atoms with Crippen molar-refractivity contribution in [1.82, 2.24) is 0 Å². The number of hydrogen-bond acceptors (Lipinski definition) is 1. The van der Waals surface area contributed by atoms with Crippen molar-refractivity contribution in [3.8, 4) is 0 Å². The summed E-state index contributed by atoms with van der Waals surface area (Å²) in [5, 5.41) is 0.509. The van der Waals surface area contributed by atoms with E-state index in [1.54, 1.807) is 25.1 Å². The van der Waals surface area contributed by atoms with E-state index < -0.39 is 17.4 Å². The molecule has 2 aromatic carbocycles. The third kappa shape index (κ3) is 2.57. The van der Waals surface area contributed by atoms with E-state index in [0.29, 0.717) is 16.1 Å². The molecule has 0 heterocycles. The molecular formula is C14H9ClF2O. The minimum Gasteiger partial charge on any atom is -0.289 e. The van der Waals surface area contributed by atoms with Crippen LogP contribution in [0.25, 0.3) is 0 Å². The molecule has 0 spiro atoms. The highest BCUT2D eigenvalue weighted by Crippen LogP contribution is 2.19. The number of hydrogen-bond donors (Lipinski definition) is 0. The van der Waals surface area contributed by atoms with Gasteiger partial charge in [0.15, 0.2) is 5.78 Å². The van der Waals surface area contributed by atoms with Crippen molar-refractivity contribution in [3.05, 3.63) is 69.7 Å². The second-order valence-electron chi connectivity index (χ2n) is 3.95. The van der Waals surface area contributed by atoms with Crippen molar-refractivity contribution >= 4 is 17.4 Å². The summed E-state index contributed by atoms with van der Waals surface area (Å²) in [6.45, 7) is 1.72. The van der Waals surface area contributed by atoms with E-state index in [4.69, 9.17) is 11.6 Å². The number of ketones is 1. The Morgan fingerprint density at radius 2 is 1.67 bits per heavy atom. The van der Waals surface area contributed by atoms with Gasteiger partial charge in [0.25, 0.3) is 0 Å². The summed E-state index contributed by atoms with van der Waals surface area (Å²) in [6.07, 6.45) is 0. The largest absolute Gasteiger partial charge is 0.289 e. The number of carbonyl (C=O) groups excluding carboxylic acids is 1. The minimum absolute atomic E-state index is 0.0158. The Morgan fingerprint density at radius 1 is 1.06 bits per heavy atom. The van der Waals surface area contributed by atoms with E-state index in [2.05, 4.69) is 0 Å². The van der Waals surface area contributed by atoms with E-state index in [0.717, 1.165) is 18.2 Å². The van der Waals surface area contributed by atoms with Gasteiger partial charge in [-0.2, -0.15) is 0 Å². The van der Waals surface area contributed by atoms with Gasteiger partial charge >= 0.3 is 0 Å². The molecule has 0 radical (unpaired) electrons. The SMILES string of the molecule is Cc1cc(Cl)ccc1C(=O)c1cc(F)cc(F)c1. The highest BCUT2D eigenvalue weighted by atomic mass is 35.5. The molecule has 18 heavy (non-hydrogen) atoms. The normalized spacial score (nSPS) is 10.4. The second kappa shape index (κ2) is 4.86. The van der Waals surface area contributed by atoms with Crippen LogP contribution in [0.5, 0.6) is 0 Å². The first-order valence-electron chi connectivity index (χ1n) is 5.24. The molecule has 0 saturated carbocycles. The molecule has 0 aromatic heterocycles. The van der Waals surface area contributed by atoms with E-state index >= 15 is 0 Å². The summed E-state index contributed by atoms with van der Waals surface area (Å²) >= 11 is 5.79. The molecule has 0 saturated heterocycles. The van der Waals surface area contributed by atoms with Crippen LogP contribution in [0.2, 0.25) is 5.02 Å². The number of benzene rings is 2. The van der Waals surface area contributed by atoms with Crippen LogP contribution in [-0.4, -0.2) is 5.78 Å². The molecule has 0 aliphatic heterocycles. The van der Waals surface area contributed by atoms with Crippen LogP contribution in [0.4, 0.5) is 8.78 Å².